The molecule has 1 aromatic carbocycles. The molecule has 0 aromatic heterocycles. The molecule has 1 saturated heterocycles. The van der Waals surface area contributed by atoms with Crippen LogP contribution in [0.1, 0.15) is 18.4 Å². The summed E-state index contributed by atoms with van der Waals surface area (Å²) < 4.78 is 0. The monoisotopic (exact) mass is 246 g/mol. The molecule has 2 rings (SSSR count). The molecule has 0 unspecified atom stereocenters. The van der Waals surface area contributed by atoms with E-state index in [0.29, 0.717) is 12.2 Å². The smallest absolute Gasteiger partial charge is 0.246 e. The molecule has 4 heteroatoms. The summed E-state index contributed by atoms with van der Waals surface area (Å²) in [4.78, 5) is 13.6. The van der Waals surface area contributed by atoms with Crippen LogP contribution in [-0.2, 0) is 4.79 Å². The summed E-state index contributed by atoms with van der Waals surface area (Å²) in [7, 11) is 0. The molecular weight excluding hydrogens is 228 g/mol. The quantitative estimate of drug-likeness (QED) is 0.610. The molecule has 1 aliphatic heterocycles. The molecule has 0 saturated carbocycles. The maximum atomic E-state index is 11.9. The molecule has 4 nitrogen and oxygen atoms in total. The molecule has 0 spiro atoms. The number of carbonyl (C=O) groups is 1. The number of carbonyl (C=O) groups excluding carboxylic acids is 1. The molecule has 1 atom stereocenters. The summed E-state index contributed by atoms with van der Waals surface area (Å²) in [5.74, 6) is -0.0591. The number of aliphatic hydroxyl groups is 1. The average molecular weight is 246 g/mol. The first-order valence-corrected chi connectivity index (χ1v) is 6.16. The van der Waals surface area contributed by atoms with Crippen molar-refractivity contribution in [3.63, 3.8) is 0 Å². The fraction of sp³-hybridized carbons (Fsp3) is 0.357. The zero-order valence-electron chi connectivity index (χ0n) is 10.2. The Morgan fingerprint density at radius 3 is 3.06 bits per heavy atom. The van der Waals surface area contributed by atoms with Crippen LogP contribution in [-0.4, -0.2) is 35.1 Å². The van der Waals surface area contributed by atoms with Crippen molar-refractivity contribution in [3.05, 3.63) is 35.9 Å². The Bertz CT molecular complexity index is 457. The number of nitrogens with two attached hydrogens (primary N) is 1. The molecule has 1 heterocycles. The maximum Gasteiger partial charge on any atom is 0.246 e. The lowest BCUT2D eigenvalue weighted by atomic mass is 10.1. The Kier molecular flexibility index (Phi) is 3.99. The number of nitrogen functional groups attached to an aromatic ring is 1. The number of aliphatic hydroxyl groups excluding tert-OH is 1. The molecule has 1 aliphatic rings. The van der Waals surface area contributed by atoms with Crippen LogP contribution in [0.3, 0.4) is 0 Å². The van der Waals surface area contributed by atoms with Gasteiger partial charge in [-0.3, -0.25) is 4.79 Å². The SMILES string of the molecule is Nc1cccc(/C=C/C(=O)N2CCC[C@H](O)C2)c1. The van der Waals surface area contributed by atoms with E-state index < -0.39 is 0 Å². The highest BCUT2D eigenvalue weighted by Gasteiger charge is 2.20. The first-order chi connectivity index (χ1) is 8.65. The predicted octanol–water partition coefficient (Wildman–Crippen LogP) is 1.27. The standard InChI is InChI=1S/C14H18N2O2/c15-12-4-1-3-11(9-12)6-7-14(18)16-8-2-5-13(17)10-16/h1,3-4,6-7,9,13,17H,2,5,8,10,15H2/b7-6+/t13-/m0/s1. The minimum atomic E-state index is -0.386. The van der Waals surface area contributed by atoms with Crippen molar-refractivity contribution in [1.29, 1.82) is 0 Å². The van der Waals surface area contributed by atoms with E-state index in [1.54, 1.807) is 17.0 Å². The van der Waals surface area contributed by atoms with Gasteiger partial charge in [-0.05, 0) is 36.6 Å². The van der Waals surface area contributed by atoms with Gasteiger partial charge in [0, 0.05) is 24.9 Å². The Labute approximate surface area is 107 Å². The number of likely N-dealkylation sites (tertiary alicyclic amines) is 1. The second kappa shape index (κ2) is 5.69. The van der Waals surface area contributed by atoms with Crippen molar-refractivity contribution in [2.75, 3.05) is 18.8 Å². The van der Waals surface area contributed by atoms with Crippen LogP contribution in [0.15, 0.2) is 30.3 Å². The van der Waals surface area contributed by atoms with Crippen LogP contribution in [0.2, 0.25) is 0 Å². The van der Waals surface area contributed by atoms with Crippen LogP contribution < -0.4 is 5.73 Å². The highest BCUT2D eigenvalue weighted by atomic mass is 16.3. The van der Waals surface area contributed by atoms with Crippen molar-refractivity contribution < 1.29 is 9.90 Å². The first-order valence-electron chi connectivity index (χ1n) is 6.16. The van der Waals surface area contributed by atoms with Gasteiger partial charge in [0.25, 0.3) is 0 Å². The fourth-order valence-corrected chi connectivity index (χ4v) is 2.09. The van der Waals surface area contributed by atoms with Gasteiger partial charge in [-0.25, -0.2) is 0 Å². The van der Waals surface area contributed by atoms with Crippen LogP contribution in [0.5, 0.6) is 0 Å². The van der Waals surface area contributed by atoms with Crippen LogP contribution in [0, 0.1) is 0 Å². The number of rotatable bonds is 2. The van der Waals surface area contributed by atoms with E-state index in [1.807, 2.05) is 18.2 Å². The van der Waals surface area contributed by atoms with Crippen molar-refractivity contribution >= 4 is 17.7 Å². The number of piperidine rings is 1. The zero-order valence-corrected chi connectivity index (χ0v) is 10.2. The van der Waals surface area contributed by atoms with Crippen molar-refractivity contribution in [1.82, 2.24) is 4.90 Å². The molecule has 0 aliphatic carbocycles. The summed E-state index contributed by atoms with van der Waals surface area (Å²) in [5, 5.41) is 9.52. The third-order valence-electron chi connectivity index (χ3n) is 3.04. The lowest BCUT2D eigenvalue weighted by molar-refractivity contribution is -0.128. The topological polar surface area (TPSA) is 66.6 Å². The third-order valence-corrected chi connectivity index (χ3v) is 3.04. The third kappa shape index (κ3) is 3.34. The van der Waals surface area contributed by atoms with Crippen molar-refractivity contribution in [2.24, 2.45) is 0 Å². The van der Waals surface area contributed by atoms with E-state index in [-0.39, 0.29) is 12.0 Å². The summed E-state index contributed by atoms with van der Waals surface area (Å²) in [6.45, 7) is 1.15. The van der Waals surface area contributed by atoms with Crippen molar-refractivity contribution in [3.8, 4) is 0 Å². The number of nitrogens with zero attached hydrogens (tertiary/aromatic N) is 1. The molecule has 18 heavy (non-hydrogen) atoms. The number of β-amino-alcohol motifs (C(OH)–C–C–N with tert-alkyl or cyclic N) is 1. The highest BCUT2D eigenvalue weighted by Crippen LogP contribution is 2.12. The molecular formula is C14H18N2O2. The van der Waals surface area contributed by atoms with Gasteiger partial charge in [-0.15, -0.1) is 0 Å². The number of hydrogen-bond donors (Lipinski definition) is 2. The van der Waals surface area contributed by atoms with E-state index in [9.17, 15) is 9.90 Å². The van der Waals surface area contributed by atoms with E-state index in [2.05, 4.69) is 0 Å². The Balaban J connectivity index is 1.98. The van der Waals surface area contributed by atoms with Gasteiger partial charge < -0.3 is 15.7 Å². The van der Waals surface area contributed by atoms with E-state index in [1.165, 1.54) is 6.08 Å². The molecule has 1 fully saturated rings. The molecule has 3 N–H and O–H groups in total. The van der Waals surface area contributed by atoms with Gasteiger partial charge in [0.1, 0.15) is 0 Å². The van der Waals surface area contributed by atoms with Gasteiger partial charge >= 0.3 is 0 Å². The lowest BCUT2D eigenvalue weighted by Gasteiger charge is -2.29. The van der Waals surface area contributed by atoms with Crippen LogP contribution in [0.4, 0.5) is 5.69 Å². The maximum absolute atomic E-state index is 11.9. The Hall–Kier alpha value is -1.81. The highest BCUT2D eigenvalue weighted by molar-refractivity contribution is 5.92. The molecule has 1 aromatic rings. The van der Waals surface area contributed by atoms with E-state index in [0.717, 1.165) is 24.9 Å². The average Bonchev–Trinajstić information content (AvgIpc) is 2.36. The normalized spacial score (nSPS) is 20.3. The predicted molar refractivity (Wildman–Crippen MR) is 71.7 cm³/mol. The van der Waals surface area contributed by atoms with Gasteiger partial charge in [0.05, 0.1) is 6.10 Å². The Morgan fingerprint density at radius 1 is 1.50 bits per heavy atom. The largest absolute Gasteiger partial charge is 0.399 e. The number of anilines is 1. The van der Waals surface area contributed by atoms with E-state index in [4.69, 9.17) is 5.73 Å². The molecule has 96 valence electrons. The second-order valence-electron chi connectivity index (χ2n) is 4.58. The summed E-state index contributed by atoms with van der Waals surface area (Å²) in [5.41, 5.74) is 7.25. The van der Waals surface area contributed by atoms with E-state index >= 15 is 0 Å². The Morgan fingerprint density at radius 2 is 2.33 bits per heavy atom. The number of hydrogen-bond acceptors (Lipinski definition) is 3. The fourth-order valence-electron chi connectivity index (χ4n) is 2.09. The first kappa shape index (κ1) is 12.6. The van der Waals surface area contributed by atoms with Gasteiger partial charge in [-0.1, -0.05) is 12.1 Å². The summed E-state index contributed by atoms with van der Waals surface area (Å²) >= 11 is 0. The second-order valence-corrected chi connectivity index (χ2v) is 4.58. The molecule has 0 bridgehead atoms. The molecule has 0 radical (unpaired) electrons. The zero-order chi connectivity index (χ0) is 13.0. The number of amides is 1. The van der Waals surface area contributed by atoms with Gasteiger partial charge in [0.15, 0.2) is 0 Å². The lowest BCUT2D eigenvalue weighted by Crippen LogP contribution is -2.41. The number of benzene rings is 1. The van der Waals surface area contributed by atoms with Gasteiger partial charge in [-0.2, -0.15) is 0 Å². The summed E-state index contributed by atoms with van der Waals surface area (Å²) in [6, 6.07) is 7.37. The summed E-state index contributed by atoms with van der Waals surface area (Å²) in [6.07, 6.45) is 4.54. The van der Waals surface area contributed by atoms with Crippen molar-refractivity contribution in [2.45, 2.75) is 18.9 Å². The minimum absolute atomic E-state index is 0.0591. The van der Waals surface area contributed by atoms with Crippen LogP contribution >= 0.6 is 0 Å². The van der Waals surface area contributed by atoms with Crippen LogP contribution in [0.25, 0.3) is 6.08 Å². The minimum Gasteiger partial charge on any atom is -0.399 e. The van der Waals surface area contributed by atoms with Gasteiger partial charge in [0.2, 0.25) is 5.91 Å². The molecule has 1 amide bonds.